The molecule has 0 N–H and O–H groups in total. The van der Waals surface area contributed by atoms with Crippen molar-refractivity contribution in [1.29, 1.82) is 0 Å². The minimum Gasteiger partial charge on any atom is -0.591 e. The van der Waals surface area contributed by atoms with Crippen LogP contribution >= 0.6 is 0 Å². The van der Waals surface area contributed by atoms with Gasteiger partial charge in [0.25, 0.3) is 0 Å². The molecular weight excluding hydrogens is 263 g/mol. The smallest absolute Gasteiger partial charge is 0.416 e. The first-order valence-electron chi connectivity index (χ1n) is 5.24. The Kier molecular flexibility index (Phi) is 4.45. The summed E-state index contributed by atoms with van der Waals surface area (Å²) in [4.78, 5) is 0. The molecule has 0 saturated carbocycles. The molecule has 1 atom stereocenters. The fourth-order valence-corrected chi connectivity index (χ4v) is 1.56. The topological polar surface area (TPSA) is 35.4 Å². The van der Waals surface area contributed by atoms with E-state index in [1.54, 1.807) is 20.8 Å². The van der Waals surface area contributed by atoms with Crippen molar-refractivity contribution in [3.63, 3.8) is 0 Å². The summed E-state index contributed by atoms with van der Waals surface area (Å²) in [7, 11) is 0. The highest BCUT2D eigenvalue weighted by atomic mass is 32.2. The summed E-state index contributed by atoms with van der Waals surface area (Å²) in [6.45, 7) is 5.31. The monoisotopic (exact) mass is 277 g/mol. The Morgan fingerprint density at radius 3 is 2.00 bits per heavy atom. The Morgan fingerprint density at radius 2 is 1.61 bits per heavy atom. The van der Waals surface area contributed by atoms with Crippen LogP contribution in [0, 0.1) is 0 Å². The van der Waals surface area contributed by atoms with E-state index in [0.717, 1.165) is 12.1 Å². The molecule has 6 heteroatoms. The van der Waals surface area contributed by atoms with Gasteiger partial charge in [0.05, 0.1) is 11.8 Å². The second-order valence-electron chi connectivity index (χ2n) is 4.72. The van der Waals surface area contributed by atoms with Crippen molar-refractivity contribution in [2.45, 2.75) is 31.7 Å². The van der Waals surface area contributed by atoms with Gasteiger partial charge in [-0.15, -0.1) is 0 Å². The SMILES string of the molecule is CC(C)(C)[S@+]([O-])N=Cc1ccc(C(F)(F)F)cc1. The maximum absolute atomic E-state index is 12.3. The van der Waals surface area contributed by atoms with E-state index in [2.05, 4.69) is 4.40 Å². The molecule has 0 spiro atoms. The number of hydrogen-bond donors (Lipinski definition) is 0. The van der Waals surface area contributed by atoms with Crippen LogP contribution in [0.5, 0.6) is 0 Å². The molecule has 0 aliphatic carbocycles. The third kappa shape index (κ3) is 4.34. The number of halogens is 3. The Morgan fingerprint density at radius 1 is 1.11 bits per heavy atom. The summed E-state index contributed by atoms with van der Waals surface area (Å²) in [6, 6.07) is 4.54. The molecule has 18 heavy (non-hydrogen) atoms. The Bertz CT molecular complexity index is 420. The summed E-state index contributed by atoms with van der Waals surface area (Å²) < 4.78 is 51.9. The van der Waals surface area contributed by atoms with E-state index >= 15 is 0 Å². The Labute approximate surface area is 107 Å². The van der Waals surface area contributed by atoms with Crippen molar-refractivity contribution >= 4 is 17.6 Å². The first-order chi connectivity index (χ1) is 8.10. The molecule has 0 fully saturated rings. The van der Waals surface area contributed by atoms with Crippen LogP contribution in [0.4, 0.5) is 13.2 Å². The lowest BCUT2D eigenvalue weighted by Crippen LogP contribution is -2.25. The molecule has 0 aliphatic heterocycles. The van der Waals surface area contributed by atoms with Gasteiger partial charge in [-0.05, 0) is 38.5 Å². The van der Waals surface area contributed by atoms with Gasteiger partial charge >= 0.3 is 6.18 Å². The molecule has 0 unspecified atom stereocenters. The molecule has 1 aromatic rings. The van der Waals surface area contributed by atoms with Crippen molar-refractivity contribution in [2.75, 3.05) is 0 Å². The fraction of sp³-hybridized carbons (Fsp3) is 0.417. The predicted octanol–water partition coefficient (Wildman–Crippen LogP) is 3.59. The molecule has 0 aliphatic rings. The van der Waals surface area contributed by atoms with Gasteiger partial charge in [0.2, 0.25) is 0 Å². The standard InChI is InChI=1S/C12H14F3NOS/c1-11(2,3)18(17)16-8-9-4-6-10(7-5-9)12(13,14)15/h4-8H,1-3H3/t18-/m0/s1. The van der Waals surface area contributed by atoms with Crippen LogP contribution in [0.25, 0.3) is 0 Å². The largest absolute Gasteiger partial charge is 0.591 e. The molecule has 0 heterocycles. The highest BCUT2D eigenvalue weighted by molar-refractivity contribution is 7.91. The number of nitrogens with zero attached hydrogens (tertiary/aromatic N) is 1. The molecular formula is C12H14F3NOS. The molecule has 100 valence electrons. The van der Waals surface area contributed by atoms with Crippen LogP contribution in [-0.4, -0.2) is 15.5 Å². The number of hydrogen-bond acceptors (Lipinski definition) is 2. The van der Waals surface area contributed by atoms with Gasteiger partial charge in [-0.1, -0.05) is 16.5 Å². The average molecular weight is 277 g/mol. The lowest BCUT2D eigenvalue weighted by Gasteiger charge is -2.17. The number of rotatable bonds is 2. The summed E-state index contributed by atoms with van der Waals surface area (Å²) in [6.07, 6.45) is -3.02. The van der Waals surface area contributed by atoms with Gasteiger partial charge in [-0.25, -0.2) is 0 Å². The lowest BCUT2D eigenvalue weighted by molar-refractivity contribution is -0.137. The molecule has 0 radical (unpaired) electrons. The van der Waals surface area contributed by atoms with E-state index in [4.69, 9.17) is 0 Å². The highest BCUT2D eigenvalue weighted by Crippen LogP contribution is 2.28. The zero-order valence-corrected chi connectivity index (χ0v) is 11.1. The van der Waals surface area contributed by atoms with Gasteiger partial charge in [0.15, 0.2) is 0 Å². The van der Waals surface area contributed by atoms with E-state index in [1.807, 2.05) is 0 Å². The summed E-state index contributed by atoms with van der Waals surface area (Å²) in [5.41, 5.74) is -0.225. The molecule has 1 rings (SSSR count). The number of benzene rings is 1. The van der Waals surface area contributed by atoms with Crippen LogP contribution in [0.15, 0.2) is 28.7 Å². The molecule has 0 bridgehead atoms. The van der Waals surface area contributed by atoms with Crippen LogP contribution in [0.1, 0.15) is 31.9 Å². The van der Waals surface area contributed by atoms with Gasteiger partial charge in [0.1, 0.15) is 16.1 Å². The third-order valence-corrected chi connectivity index (χ3v) is 3.40. The lowest BCUT2D eigenvalue weighted by atomic mass is 10.1. The highest BCUT2D eigenvalue weighted by Gasteiger charge is 2.30. The van der Waals surface area contributed by atoms with Gasteiger partial charge in [-0.2, -0.15) is 13.2 Å². The van der Waals surface area contributed by atoms with E-state index in [0.29, 0.717) is 5.56 Å². The Hall–Kier alpha value is -1.01. The van der Waals surface area contributed by atoms with E-state index in [-0.39, 0.29) is 0 Å². The van der Waals surface area contributed by atoms with Gasteiger partial charge in [0, 0.05) is 0 Å². The van der Waals surface area contributed by atoms with Crippen molar-refractivity contribution < 1.29 is 17.7 Å². The molecule has 0 amide bonds. The van der Waals surface area contributed by atoms with Gasteiger partial charge in [-0.3, -0.25) is 0 Å². The van der Waals surface area contributed by atoms with E-state index in [9.17, 15) is 17.7 Å². The van der Waals surface area contributed by atoms with Crippen LogP contribution in [0.2, 0.25) is 0 Å². The summed E-state index contributed by atoms with van der Waals surface area (Å²) in [5.74, 6) is 0. The van der Waals surface area contributed by atoms with E-state index < -0.39 is 27.8 Å². The zero-order chi connectivity index (χ0) is 14.0. The maximum Gasteiger partial charge on any atom is 0.416 e. The second kappa shape index (κ2) is 5.32. The second-order valence-corrected chi connectivity index (χ2v) is 6.65. The van der Waals surface area contributed by atoms with E-state index in [1.165, 1.54) is 18.3 Å². The summed E-state index contributed by atoms with van der Waals surface area (Å²) >= 11 is -1.41. The minimum atomic E-state index is -4.34. The molecule has 2 nitrogen and oxygen atoms in total. The first kappa shape index (κ1) is 15.0. The van der Waals surface area contributed by atoms with Crippen LogP contribution < -0.4 is 0 Å². The quantitative estimate of drug-likeness (QED) is 0.601. The van der Waals surface area contributed by atoms with Crippen LogP contribution in [0.3, 0.4) is 0 Å². The van der Waals surface area contributed by atoms with Crippen molar-refractivity contribution in [2.24, 2.45) is 4.40 Å². The third-order valence-electron chi connectivity index (χ3n) is 2.06. The Balaban J connectivity index is 2.79. The molecule has 0 aromatic heterocycles. The van der Waals surface area contributed by atoms with Crippen molar-refractivity contribution in [1.82, 2.24) is 0 Å². The fourth-order valence-electron chi connectivity index (χ4n) is 1.03. The normalized spacial score (nSPS) is 15.1. The van der Waals surface area contributed by atoms with Crippen LogP contribution in [-0.2, 0) is 17.5 Å². The summed E-state index contributed by atoms with van der Waals surface area (Å²) in [5, 5.41) is 0. The van der Waals surface area contributed by atoms with Crippen molar-refractivity contribution in [3.8, 4) is 0 Å². The van der Waals surface area contributed by atoms with Gasteiger partial charge < -0.3 is 4.55 Å². The average Bonchev–Trinajstić information content (AvgIpc) is 2.24. The predicted molar refractivity (Wildman–Crippen MR) is 66.9 cm³/mol. The molecule has 0 saturated heterocycles. The minimum absolute atomic E-state index is 0.484. The first-order valence-corrected chi connectivity index (χ1v) is 6.35. The number of alkyl halides is 3. The zero-order valence-electron chi connectivity index (χ0n) is 10.3. The van der Waals surface area contributed by atoms with Crippen molar-refractivity contribution in [3.05, 3.63) is 35.4 Å². The molecule has 1 aromatic carbocycles. The maximum atomic E-state index is 12.3.